The zero-order chi connectivity index (χ0) is 29.3. The normalized spacial score (nSPS) is 16.6. The highest BCUT2D eigenvalue weighted by molar-refractivity contribution is 6.33. The van der Waals surface area contributed by atoms with Gasteiger partial charge in [0.25, 0.3) is 0 Å². The van der Waals surface area contributed by atoms with Gasteiger partial charge in [-0.3, -0.25) is 9.59 Å². The molecule has 210 valence electrons. The fourth-order valence-corrected chi connectivity index (χ4v) is 5.91. The predicted octanol–water partition coefficient (Wildman–Crippen LogP) is 6.31. The summed E-state index contributed by atoms with van der Waals surface area (Å²) in [4.78, 5) is 29.8. The fourth-order valence-electron chi connectivity index (χ4n) is 5.91. The largest absolute Gasteiger partial charge is 0.372 e. The first-order valence-corrected chi connectivity index (χ1v) is 14.1. The van der Waals surface area contributed by atoms with Crippen LogP contribution in [0, 0.1) is 20.8 Å². The van der Waals surface area contributed by atoms with E-state index in [1.165, 1.54) is 11.9 Å². The molecule has 1 unspecified atom stereocenters. The number of hydrazone groups is 1. The van der Waals surface area contributed by atoms with Crippen molar-refractivity contribution >= 4 is 45.4 Å². The zero-order valence-corrected chi connectivity index (χ0v) is 24.6. The van der Waals surface area contributed by atoms with Crippen LogP contribution in [0.2, 0.25) is 0 Å². The zero-order valence-electron chi connectivity index (χ0n) is 24.6. The molecule has 2 amide bonds. The molecular weight excluding hydrogens is 510 g/mol. The Bertz CT molecular complexity index is 1630. The van der Waals surface area contributed by atoms with Gasteiger partial charge in [0.1, 0.15) is 5.71 Å². The van der Waals surface area contributed by atoms with Crippen molar-refractivity contribution in [2.24, 2.45) is 5.10 Å². The summed E-state index contributed by atoms with van der Waals surface area (Å²) in [6.45, 7) is 13.4. The van der Waals surface area contributed by atoms with E-state index in [9.17, 15) is 9.59 Å². The summed E-state index contributed by atoms with van der Waals surface area (Å²) in [6.07, 6.45) is 0. The van der Waals surface area contributed by atoms with Crippen molar-refractivity contribution < 1.29 is 9.59 Å². The second-order valence-electron chi connectivity index (χ2n) is 10.6. The van der Waals surface area contributed by atoms with Gasteiger partial charge in [-0.25, -0.2) is 0 Å². The number of rotatable bonds is 8. The van der Waals surface area contributed by atoms with Gasteiger partial charge in [-0.15, -0.1) is 0 Å². The Hall–Kier alpha value is -4.65. The lowest BCUT2D eigenvalue weighted by Crippen LogP contribution is -2.64. The summed E-state index contributed by atoms with van der Waals surface area (Å²) in [7, 11) is 0. The molecule has 7 nitrogen and oxygen atoms in total. The highest BCUT2D eigenvalue weighted by atomic mass is 16.2. The molecule has 41 heavy (non-hydrogen) atoms. The highest BCUT2D eigenvalue weighted by Gasteiger charge is 2.54. The number of aryl methyl sites for hydroxylation is 3. The molecule has 0 saturated carbocycles. The van der Waals surface area contributed by atoms with Crippen LogP contribution in [0.4, 0.5) is 17.1 Å². The summed E-state index contributed by atoms with van der Waals surface area (Å²) in [5.74, 6) is -0.726. The minimum atomic E-state index is -1.64. The van der Waals surface area contributed by atoms with Crippen LogP contribution < -0.4 is 20.5 Å². The first-order valence-electron chi connectivity index (χ1n) is 14.1. The Kier molecular flexibility index (Phi) is 7.54. The number of carbonyl (C=O) groups is 2. The van der Waals surface area contributed by atoms with Gasteiger partial charge in [0.05, 0.1) is 5.69 Å². The lowest BCUT2D eigenvalue weighted by molar-refractivity contribution is -0.127. The number of benzene rings is 4. The van der Waals surface area contributed by atoms with Crippen molar-refractivity contribution in [1.82, 2.24) is 5.32 Å². The fraction of sp³-hybridized carbons (Fsp3) is 0.265. The molecule has 4 aromatic carbocycles. The topological polar surface area (TPSA) is 77.0 Å². The Morgan fingerprint density at radius 3 is 2.17 bits per heavy atom. The van der Waals surface area contributed by atoms with Crippen molar-refractivity contribution in [3.8, 4) is 0 Å². The van der Waals surface area contributed by atoms with E-state index in [1.54, 1.807) is 0 Å². The number of nitrogens with one attached hydrogen (secondary N) is 2. The number of hydrogen-bond acceptors (Lipinski definition) is 5. The molecule has 1 heterocycles. The Labute approximate surface area is 241 Å². The average molecular weight is 548 g/mol. The molecule has 5 rings (SSSR count). The number of fused-ring (bicyclic) bond motifs is 1. The van der Waals surface area contributed by atoms with E-state index in [1.807, 2.05) is 99.6 Å². The van der Waals surface area contributed by atoms with E-state index in [2.05, 4.69) is 29.4 Å². The van der Waals surface area contributed by atoms with Crippen molar-refractivity contribution in [2.45, 2.75) is 47.2 Å². The molecule has 0 aliphatic carbocycles. The smallest absolute Gasteiger partial charge is 0.300 e. The molecule has 0 radical (unpaired) electrons. The van der Waals surface area contributed by atoms with Gasteiger partial charge in [0.2, 0.25) is 11.6 Å². The van der Waals surface area contributed by atoms with E-state index >= 15 is 0 Å². The Morgan fingerprint density at radius 1 is 0.902 bits per heavy atom. The molecule has 7 heteroatoms. The Morgan fingerprint density at radius 2 is 1.54 bits per heavy atom. The summed E-state index contributed by atoms with van der Waals surface area (Å²) in [6, 6.07) is 25.9. The van der Waals surface area contributed by atoms with Gasteiger partial charge in [-0.1, -0.05) is 60.2 Å². The minimum Gasteiger partial charge on any atom is -0.372 e. The molecule has 1 aliphatic heterocycles. The standard InChI is InChI=1S/C34H37N5O2/c1-7-38(8-2)28-18-16-27(17-19-28)36-34(35-25(6)40)32(30-15-11-13-26-12-9-10-14-29(26)30)37-39(33(34)41)31-23(4)20-22(3)21-24(31)5/h9-21,36H,7-8H2,1-6H3,(H,35,40). The second-order valence-corrected chi connectivity index (χ2v) is 10.6. The molecule has 0 fully saturated rings. The molecule has 0 aromatic heterocycles. The summed E-state index contributed by atoms with van der Waals surface area (Å²) < 4.78 is 0. The first-order chi connectivity index (χ1) is 19.7. The monoisotopic (exact) mass is 547 g/mol. The van der Waals surface area contributed by atoms with E-state index in [0.29, 0.717) is 17.1 Å². The van der Waals surface area contributed by atoms with Gasteiger partial charge in [0, 0.05) is 37.0 Å². The lowest BCUT2D eigenvalue weighted by atomic mass is 9.91. The van der Waals surface area contributed by atoms with E-state index in [-0.39, 0.29) is 11.8 Å². The number of nitrogens with zero attached hydrogens (tertiary/aromatic N) is 3. The van der Waals surface area contributed by atoms with Gasteiger partial charge in [0.15, 0.2) is 0 Å². The lowest BCUT2D eigenvalue weighted by Gasteiger charge is -2.32. The van der Waals surface area contributed by atoms with Crippen LogP contribution >= 0.6 is 0 Å². The van der Waals surface area contributed by atoms with E-state index in [0.717, 1.165) is 51.8 Å². The highest BCUT2D eigenvalue weighted by Crippen LogP contribution is 2.37. The molecule has 4 aromatic rings. The van der Waals surface area contributed by atoms with Crippen molar-refractivity contribution in [2.75, 3.05) is 28.3 Å². The third-order valence-corrected chi connectivity index (χ3v) is 7.65. The third kappa shape index (κ3) is 5.04. The molecule has 2 N–H and O–H groups in total. The van der Waals surface area contributed by atoms with Crippen molar-refractivity contribution in [3.05, 3.63) is 101 Å². The number of anilines is 3. The summed E-state index contributed by atoms with van der Waals surface area (Å²) in [5.41, 5.74) is 5.01. The van der Waals surface area contributed by atoms with Crippen LogP contribution in [0.15, 0.2) is 84.0 Å². The molecule has 1 aliphatic rings. The van der Waals surface area contributed by atoms with Crippen molar-refractivity contribution in [3.63, 3.8) is 0 Å². The van der Waals surface area contributed by atoms with Crippen LogP contribution in [-0.4, -0.2) is 36.3 Å². The number of hydrogen-bond donors (Lipinski definition) is 2. The summed E-state index contributed by atoms with van der Waals surface area (Å²) in [5, 5.41) is 14.8. The van der Waals surface area contributed by atoms with Crippen LogP contribution in [0.3, 0.4) is 0 Å². The predicted molar refractivity (Wildman–Crippen MR) is 169 cm³/mol. The molecule has 0 bridgehead atoms. The molecule has 1 atom stereocenters. The minimum absolute atomic E-state index is 0.349. The Balaban J connectivity index is 1.72. The van der Waals surface area contributed by atoms with Gasteiger partial charge >= 0.3 is 5.91 Å². The molecule has 0 saturated heterocycles. The SMILES string of the molecule is CCN(CC)c1ccc(NC2(NC(C)=O)C(=O)N(c3c(C)cc(C)cc3C)N=C2c2cccc3ccccc23)cc1. The van der Waals surface area contributed by atoms with E-state index < -0.39 is 5.66 Å². The van der Waals surface area contributed by atoms with Crippen molar-refractivity contribution in [1.29, 1.82) is 0 Å². The maximum Gasteiger partial charge on any atom is 0.300 e. The number of carbonyl (C=O) groups excluding carboxylic acids is 2. The maximum atomic E-state index is 14.7. The summed E-state index contributed by atoms with van der Waals surface area (Å²) >= 11 is 0. The third-order valence-electron chi connectivity index (χ3n) is 7.65. The van der Waals surface area contributed by atoms with Crippen LogP contribution in [-0.2, 0) is 9.59 Å². The van der Waals surface area contributed by atoms with Crippen LogP contribution in [0.25, 0.3) is 10.8 Å². The van der Waals surface area contributed by atoms with Gasteiger partial charge < -0.3 is 15.5 Å². The second kappa shape index (κ2) is 11.1. The molecular formula is C34H37N5O2. The average Bonchev–Trinajstić information content (AvgIpc) is 3.20. The maximum absolute atomic E-state index is 14.7. The molecule has 0 spiro atoms. The van der Waals surface area contributed by atoms with Gasteiger partial charge in [-0.05, 0) is 80.8 Å². The van der Waals surface area contributed by atoms with Crippen LogP contribution in [0.1, 0.15) is 43.0 Å². The quantitative estimate of drug-likeness (QED) is 0.254. The van der Waals surface area contributed by atoms with Gasteiger partial charge in [-0.2, -0.15) is 10.1 Å². The van der Waals surface area contributed by atoms with Crippen LogP contribution in [0.5, 0.6) is 0 Å². The number of amides is 2. The van der Waals surface area contributed by atoms with E-state index in [4.69, 9.17) is 5.10 Å². The first kappa shape index (κ1) is 27.9.